The average Bonchev–Trinajstić information content (AvgIpc) is 2.85. The van der Waals surface area contributed by atoms with Gasteiger partial charge in [0.15, 0.2) is 0 Å². The first-order chi connectivity index (χ1) is 17.4. The summed E-state index contributed by atoms with van der Waals surface area (Å²) in [4.78, 5) is 0.540. The summed E-state index contributed by atoms with van der Waals surface area (Å²) in [5, 5.41) is 1.40. The van der Waals surface area contributed by atoms with Crippen molar-refractivity contribution in [1.29, 1.82) is 0 Å². The van der Waals surface area contributed by atoms with E-state index in [0.29, 0.717) is 33.9 Å². The predicted molar refractivity (Wildman–Crippen MR) is 139 cm³/mol. The first-order valence-corrected chi connectivity index (χ1v) is 14.6. The molecule has 0 N–H and O–H groups in total. The summed E-state index contributed by atoms with van der Waals surface area (Å²) in [6.07, 6.45) is 0. The van der Waals surface area contributed by atoms with Gasteiger partial charge in [0.25, 0.3) is 0 Å². The molecule has 0 atom stereocenters. The molecule has 1 aliphatic heterocycles. The molecule has 4 rings (SSSR count). The second-order valence-electron chi connectivity index (χ2n) is 8.59. The van der Waals surface area contributed by atoms with E-state index in [1.54, 1.807) is 12.1 Å². The van der Waals surface area contributed by atoms with Gasteiger partial charge in [-0.1, -0.05) is 6.07 Å². The van der Waals surface area contributed by atoms with Crippen molar-refractivity contribution in [2.24, 2.45) is 0 Å². The molecule has 0 bridgehead atoms. The number of nitrogens with zero attached hydrogens (tertiary/aromatic N) is 2. The van der Waals surface area contributed by atoms with Gasteiger partial charge in [-0.15, -0.1) is 0 Å². The van der Waals surface area contributed by atoms with Crippen molar-refractivity contribution in [2.75, 3.05) is 31.6 Å². The van der Waals surface area contributed by atoms with E-state index >= 15 is 0 Å². The van der Waals surface area contributed by atoms with E-state index in [9.17, 15) is 25.9 Å². The van der Waals surface area contributed by atoms with Crippen LogP contribution in [0.15, 0.2) is 68.8 Å². The number of hydrogen-bond acceptors (Lipinski definition) is 8. The summed E-state index contributed by atoms with van der Waals surface area (Å²) >= 11 is 0. The van der Waals surface area contributed by atoms with Gasteiger partial charge in [-0.3, -0.25) is 0 Å². The molecule has 0 radical (unpaired) electrons. The molecule has 0 amide bonds. The maximum absolute atomic E-state index is 12.3. The fourth-order valence-electron chi connectivity index (χ4n) is 4.43. The van der Waals surface area contributed by atoms with Crippen LogP contribution in [0.5, 0.6) is 0 Å². The topological polar surface area (TPSA) is 134 Å². The summed E-state index contributed by atoms with van der Waals surface area (Å²) in [6.45, 7) is 8.32. The van der Waals surface area contributed by atoms with Gasteiger partial charge in [0.2, 0.25) is 5.36 Å². The van der Waals surface area contributed by atoms with Gasteiger partial charge in [0.05, 0.1) is 15.9 Å². The number of benzene rings is 3. The molecule has 0 fully saturated rings. The van der Waals surface area contributed by atoms with Crippen molar-refractivity contribution in [2.45, 2.75) is 30.6 Å². The van der Waals surface area contributed by atoms with Crippen LogP contribution in [-0.4, -0.2) is 52.6 Å². The number of hydrogen-bond donors (Lipinski definition) is 0. The monoisotopic (exact) mass is 566 g/mol. The largest absolute Gasteiger partial charge is 1.00 e. The maximum atomic E-state index is 12.3. The molecule has 2 aromatic carbocycles. The molecule has 1 aliphatic carbocycles. The number of rotatable bonds is 7. The van der Waals surface area contributed by atoms with E-state index < -0.39 is 30.0 Å². The van der Waals surface area contributed by atoms with Gasteiger partial charge >= 0.3 is 29.6 Å². The van der Waals surface area contributed by atoms with Gasteiger partial charge in [-0.05, 0) is 51.1 Å². The number of anilines is 1. The fourth-order valence-corrected chi connectivity index (χ4v) is 5.72. The van der Waals surface area contributed by atoms with Crippen molar-refractivity contribution in [3.63, 3.8) is 0 Å². The molecule has 2 aliphatic rings. The van der Waals surface area contributed by atoms with Crippen LogP contribution in [-0.2, 0) is 20.2 Å². The van der Waals surface area contributed by atoms with Crippen LogP contribution in [0.3, 0.4) is 0 Å². The summed E-state index contributed by atoms with van der Waals surface area (Å²) in [5.74, 6) is 0.451. The minimum atomic E-state index is -5.16. The Morgan fingerprint density at radius 2 is 1.50 bits per heavy atom. The predicted octanol–water partition coefficient (Wildman–Crippen LogP) is 0.285. The smallest absolute Gasteiger partial charge is 0.744 e. The molecule has 0 saturated heterocycles. The zero-order valence-corrected chi connectivity index (χ0v) is 25.5. The summed E-state index contributed by atoms with van der Waals surface area (Å²) in [7, 11) is -8.23. The Bertz CT molecular complexity index is 1760. The molecule has 38 heavy (non-hydrogen) atoms. The van der Waals surface area contributed by atoms with Crippen molar-refractivity contribution in [1.82, 2.24) is 4.58 Å². The van der Waals surface area contributed by atoms with E-state index in [2.05, 4.69) is 4.90 Å². The zero-order valence-electron chi connectivity index (χ0n) is 21.9. The third-order valence-corrected chi connectivity index (χ3v) is 8.22. The standard InChI is InChI=1S/C26H28N2O7S2.Na/c1-5-27(4)17-8-11-20-23(14-17)35-24-15-18(28(6-2)7-3)9-12-21(24)26(20)22-13-10-19(36(29,30)31)16-25(22)37(32,33)34;/h8-16H,5-7H2,1-4H3,(H-,29,30,31,32,33,34);/q;+1/p-1. The number of fused-ring (bicyclic) bond motifs is 2. The van der Waals surface area contributed by atoms with Gasteiger partial charge in [-0.2, -0.15) is 0 Å². The van der Waals surface area contributed by atoms with Crippen LogP contribution in [0.25, 0.3) is 33.4 Å². The molecule has 12 heteroatoms. The first kappa shape index (κ1) is 30.3. The molecule has 196 valence electrons. The van der Waals surface area contributed by atoms with Crippen LogP contribution in [0.4, 0.5) is 5.69 Å². The van der Waals surface area contributed by atoms with E-state index in [0.717, 1.165) is 36.7 Å². The van der Waals surface area contributed by atoms with Gasteiger partial charge in [0.1, 0.15) is 45.2 Å². The molecule has 1 heterocycles. The second kappa shape index (κ2) is 11.5. The molecule has 9 nitrogen and oxygen atoms in total. The van der Waals surface area contributed by atoms with Crippen LogP contribution < -0.4 is 44.4 Å². The van der Waals surface area contributed by atoms with Crippen molar-refractivity contribution in [3.05, 3.63) is 60.0 Å². The average molecular weight is 567 g/mol. The van der Waals surface area contributed by atoms with Crippen LogP contribution in [0, 0.1) is 0 Å². The van der Waals surface area contributed by atoms with E-state index in [4.69, 9.17) is 4.42 Å². The van der Waals surface area contributed by atoms with Gasteiger partial charge < -0.3 is 18.4 Å². The van der Waals surface area contributed by atoms with Crippen molar-refractivity contribution in [3.8, 4) is 22.5 Å². The summed E-state index contributed by atoms with van der Waals surface area (Å²) in [6, 6.07) is 13.8. The summed E-state index contributed by atoms with van der Waals surface area (Å²) < 4.78 is 80.0. The van der Waals surface area contributed by atoms with Crippen molar-refractivity contribution >= 4 is 36.9 Å². The van der Waals surface area contributed by atoms with Crippen LogP contribution >= 0.6 is 0 Å². The molecular formula is C26H27N2NaO7S2. The Balaban J connectivity index is 0.00000400. The third-order valence-electron chi connectivity index (χ3n) is 6.51. The molecule has 0 saturated carbocycles. The molecule has 0 aromatic heterocycles. The zero-order chi connectivity index (χ0) is 27.1. The summed E-state index contributed by atoms with van der Waals surface area (Å²) in [5.41, 5.74) is 2.26. The fraction of sp³-hybridized carbons (Fsp3) is 0.269. The molecule has 0 unspecified atom stereocenters. The third kappa shape index (κ3) is 5.84. The molecule has 2 aromatic rings. The Morgan fingerprint density at radius 1 is 0.842 bits per heavy atom. The Morgan fingerprint density at radius 3 is 2.08 bits per heavy atom. The minimum Gasteiger partial charge on any atom is -0.744 e. The van der Waals surface area contributed by atoms with Crippen LogP contribution in [0.2, 0.25) is 0 Å². The van der Waals surface area contributed by atoms with Crippen molar-refractivity contribution < 1.29 is 59.9 Å². The maximum Gasteiger partial charge on any atom is 1.00 e. The van der Waals surface area contributed by atoms with E-state index in [-0.39, 0.29) is 35.1 Å². The normalized spacial score (nSPS) is 12.9. The van der Waals surface area contributed by atoms with E-state index in [1.165, 1.54) is 6.07 Å². The van der Waals surface area contributed by atoms with Gasteiger partial charge in [-0.25, -0.2) is 21.4 Å². The minimum absolute atomic E-state index is 0. The van der Waals surface area contributed by atoms with Crippen LogP contribution in [0.1, 0.15) is 20.8 Å². The Hall–Kier alpha value is -2.25. The van der Waals surface area contributed by atoms with Gasteiger partial charge in [0, 0.05) is 53.0 Å². The second-order valence-corrected chi connectivity index (χ2v) is 11.3. The quantitative estimate of drug-likeness (QED) is 0.135. The Labute approximate surface area is 244 Å². The van der Waals surface area contributed by atoms with E-state index in [1.807, 2.05) is 56.7 Å². The SMILES string of the molecule is CCN(CC)c1ccc2c(-c3ccc(S(=O)(=O)[O-])cc3S(=O)(=O)[O-])c3ccc(=[N+](C)CC)cc-3oc2c1.[Na+]. The first-order valence-electron chi connectivity index (χ1n) is 11.7. The molecular weight excluding hydrogens is 539 g/mol. The Kier molecular flexibility index (Phi) is 9.14. The molecule has 0 spiro atoms.